The molecule has 0 aliphatic rings. The van der Waals surface area contributed by atoms with E-state index in [4.69, 9.17) is 0 Å². The second kappa shape index (κ2) is 8.90. The molecule has 0 saturated heterocycles. The smallest absolute Gasteiger partial charge is 0.321 e. The molecule has 6 nitrogen and oxygen atoms in total. The van der Waals surface area contributed by atoms with Crippen LogP contribution in [-0.2, 0) is 28.7 Å². The highest BCUT2D eigenvalue weighted by Gasteiger charge is 2.51. The normalized spacial score (nSPS) is 13.9. The van der Waals surface area contributed by atoms with Gasteiger partial charge >= 0.3 is 11.9 Å². The second-order valence-electron chi connectivity index (χ2n) is 4.43. The van der Waals surface area contributed by atoms with Gasteiger partial charge in [-0.15, -0.1) is 11.8 Å². The van der Waals surface area contributed by atoms with Crippen LogP contribution in [0.4, 0.5) is 0 Å². The molecule has 2 atom stereocenters. The van der Waals surface area contributed by atoms with Crippen molar-refractivity contribution in [2.75, 3.05) is 14.2 Å². The van der Waals surface area contributed by atoms with Crippen LogP contribution < -0.4 is 0 Å². The molecule has 0 rings (SSSR count). The van der Waals surface area contributed by atoms with Crippen molar-refractivity contribution in [3.63, 3.8) is 0 Å². The van der Waals surface area contributed by atoms with Crippen LogP contribution in [0.5, 0.6) is 0 Å². The summed E-state index contributed by atoms with van der Waals surface area (Å²) in [6, 6.07) is 0. The third-order valence-electron chi connectivity index (χ3n) is 3.26. The minimum atomic E-state index is -1.78. The zero-order chi connectivity index (χ0) is 16.5. The number of ether oxygens (including phenoxy) is 2. The van der Waals surface area contributed by atoms with E-state index in [0.29, 0.717) is 12.7 Å². The molecule has 0 amide bonds. The average molecular weight is 296 g/mol. The summed E-state index contributed by atoms with van der Waals surface area (Å²) in [6.07, 6.45) is 0.381. The Morgan fingerprint density at radius 3 is 2.19 bits per heavy atom. The molecule has 0 heterocycles. The fourth-order valence-corrected chi connectivity index (χ4v) is 1.99. The molecule has 0 fully saturated rings. The summed E-state index contributed by atoms with van der Waals surface area (Å²) in [5.74, 6) is 2.13. The van der Waals surface area contributed by atoms with Crippen molar-refractivity contribution in [1.82, 2.24) is 0 Å². The molecule has 0 bridgehead atoms. The third kappa shape index (κ3) is 4.42. The predicted octanol–water partition coefficient (Wildman–Crippen LogP) is 0.916. The SMILES string of the molecule is CCC#CCC(C(C)=O)(C(=O)OC)C(C=O)CC(=O)OC. The molecule has 0 aliphatic heterocycles. The van der Waals surface area contributed by atoms with Crippen LogP contribution in [0.25, 0.3) is 0 Å². The fourth-order valence-electron chi connectivity index (χ4n) is 1.99. The minimum Gasteiger partial charge on any atom is -0.469 e. The van der Waals surface area contributed by atoms with E-state index in [2.05, 4.69) is 21.3 Å². The molecule has 0 N–H and O–H groups in total. The number of ketones is 1. The van der Waals surface area contributed by atoms with Gasteiger partial charge in [0.05, 0.1) is 20.6 Å². The number of aldehydes is 1. The molecule has 116 valence electrons. The maximum Gasteiger partial charge on any atom is 0.321 e. The minimum absolute atomic E-state index is 0.177. The number of hydrogen-bond acceptors (Lipinski definition) is 6. The first kappa shape index (κ1) is 18.8. The Balaban J connectivity index is 5.81. The van der Waals surface area contributed by atoms with Crippen molar-refractivity contribution in [2.24, 2.45) is 11.3 Å². The molecule has 0 aromatic heterocycles. The van der Waals surface area contributed by atoms with Gasteiger partial charge in [-0.1, -0.05) is 6.92 Å². The summed E-state index contributed by atoms with van der Waals surface area (Å²) in [7, 11) is 2.28. The quantitative estimate of drug-likeness (QED) is 0.300. The Morgan fingerprint density at radius 2 is 1.81 bits per heavy atom. The number of methoxy groups -OCH3 is 2. The maximum atomic E-state index is 12.1. The van der Waals surface area contributed by atoms with E-state index in [-0.39, 0.29) is 12.8 Å². The Morgan fingerprint density at radius 1 is 1.19 bits per heavy atom. The van der Waals surface area contributed by atoms with Gasteiger partial charge in [0.25, 0.3) is 0 Å². The number of rotatable bonds is 7. The molecule has 2 unspecified atom stereocenters. The van der Waals surface area contributed by atoms with Gasteiger partial charge in [0.1, 0.15) is 17.5 Å². The van der Waals surface area contributed by atoms with Gasteiger partial charge in [0.2, 0.25) is 0 Å². The van der Waals surface area contributed by atoms with Gasteiger partial charge in [-0.25, -0.2) is 0 Å². The van der Waals surface area contributed by atoms with Gasteiger partial charge in [0.15, 0.2) is 0 Å². The van der Waals surface area contributed by atoms with E-state index in [9.17, 15) is 19.2 Å². The van der Waals surface area contributed by atoms with Crippen molar-refractivity contribution in [1.29, 1.82) is 0 Å². The lowest BCUT2D eigenvalue weighted by molar-refractivity contribution is -0.164. The van der Waals surface area contributed by atoms with Crippen LogP contribution in [0.2, 0.25) is 0 Å². The highest BCUT2D eigenvalue weighted by Crippen LogP contribution is 2.35. The van der Waals surface area contributed by atoms with Crippen LogP contribution in [0.1, 0.15) is 33.1 Å². The molecule has 0 saturated carbocycles. The first-order valence-corrected chi connectivity index (χ1v) is 6.47. The first-order valence-electron chi connectivity index (χ1n) is 6.47. The number of esters is 2. The van der Waals surface area contributed by atoms with Crippen LogP contribution >= 0.6 is 0 Å². The van der Waals surface area contributed by atoms with Gasteiger partial charge in [0, 0.05) is 18.8 Å². The summed E-state index contributed by atoms with van der Waals surface area (Å²) >= 11 is 0. The Hall–Kier alpha value is -2.16. The third-order valence-corrected chi connectivity index (χ3v) is 3.26. The number of hydrogen-bond donors (Lipinski definition) is 0. The van der Waals surface area contributed by atoms with E-state index in [1.54, 1.807) is 0 Å². The standard InChI is InChI=1S/C15H20O6/c1-5-6-7-8-15(11(2)17,14(19)21-4)12(10-16)9-13(18)20-3/h10,12H,5,8-9H2,1-4H3. The zero-order valence-electron chi connectivity index (χ0n) is 12.7. The lowest BCUT2D eigenvalue weighted by Crippen LogP contribution is -2.47. The van der Waals surface area contributed by atoms with Crippen molar-refractivity contribution in [3.05, 3.63) is 0 Å². The monoisotopic (exact) mass is 296 g/mol. The molecular weight excluding hydrogens is 276 g/mol. The fraction of sp³-hybridized carbons (Fsp3) is 0.600. The molecular formula is C15H20O6. The molecule has 0 aliphatic carbocycles. The highest BCUT2D eigenvalue weighted by molar-refractivity contribution is 6.06. The summed E-state index contributed by atoms with van der Waals surface area (Å²) in [5.41, 5.74) is -1.78. The average Bonchev–Trinajstić information content (AvgIpc) is 2.48. The van der Waals surface area contributed by atoms with Crippen molar-refractivity contribution in [2.45, 2.75) is 33.1 Å². The predicted molar refractivity (Wildman–Crippen MR) is 74.0 cm³/mol. The Labute approximate surface area is 124 Å². The number of carbonyl (C=O) groups excluding carboxylic acids is 4. The van der Waals surface area contributed by atoms with Crippen molar-refractivity contribution in [3.8, 4) is 11.8 Å². The Kier molecular flexibility index (Phi) is 7.99. The van der Waals surface area contributed by atoms with E-state index in [1.807, 2.05) is 6.92 Å². The largest absolute Gasteiger partial charge is 0.469 e. The van der Waals surface area contributed by atoms with Crippen molar-refractivity contribution < 1.29 is 28.7 Å². The van der Waals surface area contributed by atoms with Crippen LogP contribution in [0.3, 0.4) is 0 Å². The van der Waals surface area contributed by atoms with Gasteiger partial charge in [-0.05, 0) is 6.92 Å². The van der Waals surface area contributed by atoms with E-state index in [0.717, 1.165) is 14.2 Å². The lowest BCUT2D eigenvalue weighted by Gasteiger charge is -2.31. The maximum absolute atomic E-state index is 12.1. The van der Waals surface area contributed by atoms with Crippen LogP contribution in [0, 0.1) is 23.2 Å². The molecule has 0 radical (unpaired) electrons. The molecule has 6 heteroatoms. The summed E-state index contributed by atoms with van der Waals surface area (Å²) in [4.78, 5) is 46.9. The zero-order valence-corrected chi connectivity index (χ0v) is 12.7. The molecule has 0 spiro atoms. The number of Topliss-reactive ketones (excluding diaryl/α,β-unsaturated/α-hetero) is 1. The topological polar surface area (TPSA) is 86.7 Å². The molecule has 0 aromatic carbocycles. The van der Waals surface area contributed by atoms with Gasteiger partial charge in [-0.2, -0.15) is 0 Å². The molecule has 21 heavy (non-hydrogen) atoms. The Bertz CT molecular complexity index is 470. The molecule has 0 aromatic rings. The highest BCUT2D eigenvalue weighted by atomic mass is 16.5. The van der Waals surface area contributed by atoms with Crippen LogP contribution in [0.15, 0.2) is 0 Å². The van der Waals surface area contributed by atoms with Gasteiger partial charge < -0.3 is 14.3 Å². The van der Waals surface area contributed by atoms with Crippen molar-refractivity contribution >= 4 is 24.0 Å². The summed E-state index contributed by atoms with van der Waals surface area (Å²) in [6.45, 7) is 2.99. The van der Waals surface area contributed by atoms with E-state index >= 15 is 0 Å². The first-order chi connectivity index (χ1) is 9.90. The van der Waals surface area contributed by atoms with Gasteiger partial charge in [-0.3, -0.25) is 14.4 Å². The summed E-state index contributed by atoms with van der Waals surface area (Å²) < 4.78 is 9.17. The summed E-state index contributed by atoms with van der Waals surface area (Å²) in [5, 5.41) is 0. The van der Waals surface area contributed by atoms with E-state index < -0.39 is 29.1 Å². The number of carbonyl (C=O) groups is 4. The van der Waals surface area contributed by atoms with Crippen LogP contribution in [-0.4, -0.2) is 38.2 Å². The van der Waals surface area contributed by atoms with E-state index in [1.165, 1.54) is 6.92 Å². The second-order valence-corrected chi connectivity index (χ2v) is 4.43. The lowest BCUT2D eigenvalue weighted by atomic mass is 9.69.